The Balaban J connectivity index is 1.35. The summed E-state index contributed by atoms with van der Waals surface area (Å²) in [7, 11) is 1.70. The van der Waals surface area contributed by atoms with Gasteiger partial charge < -0.3 is 9.80 Å². The number of anilines is 1. The molecule has 4 heterocycles. The highest BCUT2D eigenvalue weighted by Crippen LogP contribution is 2.32. The van der Waals surface area contributed by atoms with Crippen LogP contribution in [0.25, 0.3) is 5.57 Å². The number of piperidine rings is 2. The fourth-order valence-corrected chi connectivity index (χ4v) is 6.14. The van der Waals surface area contributed by atoms with Gasteiger partial charge in [0.1, 0.15) is 16.6 Å². The summed E-state index contributed by atoms with van der Waals surface area (Å²) in [5.74, 6) is 0.170. The molecule has 3 aromatic rings. The van der Waals surface area contributed by atoms with E-state index < -0.39 is 0 Å². The van der Waals surface area contributed by atoms with Gasteiger partial charge in [0.15, 0.2) is 0 Å². The number of nitrogens with zero attached hydrogens (tertiary/aromatic N) is 6. The van der Waals surface area contributed by atoms with Crippen LogP contribution < -0.4 is 10.5 Å². The SMILES string of the molecule is CC(C=C(c1ccc(F)cc1)c1nccc(=O)n1C)c1nnc(N2CCC(N3CCCCC3)CC2)s1. The average molecular weight is 509 g/mol. The molecule has 0 N–H and O–H groups in total. The number of rotatable bonds is 6. The topological polar surface area (TPSA) is 67.2 Å². The number of halogens is 1. The second-order valence-electron chi connectivity index (χ2n) is 9.78. The largest absolute Gasteiger partial charge is 0.347 e. The van der Waals surface area contributed by atoms with Crippen molar-refractivity contribution < 1.29 is 4.39 Å². The van der Waals surface area contributed by atoms with Crippen LogP contribution in [0.2, 0.25) is 0 Å². The summed E-state index contributed by atoms with van der Waals surface area (Å²) in [4.78, 5) is 21.8. The van der Waals surface area contributed by atoms with Crippen molar-refractivity contribution in [3.63, 3.8) is 0 Å². The van der Waals surface area contributed by atoms with E-state index in [1.165, 1.54) is 74.2 Å². The Kier molecular flexibility index (Phi) is 7.57. The van der Waals surface area contributed by atoms with Crippen LogP contribution in [0.3, 0.4) is 0 Å². The summed E-state index contributed by atoms with van der Waals surface area (Å²) >= 11 is 1.62. The number of allylic oxidation sites excluding steroid dienone is 1. The fraction of sp³-hybridized carbons (Fsp3) is 0.481. The molecule has 0 spiro atoms. The number of hydrogen-bond donors (Lipinski definition) is 0. The molecule has 2 fully saturated rings. The lowest BCUT2D eigenvalue weighted by atomic mass is 10.00. The van der Waals surface area contributed by atoms with E-state index >= 15 is 0 Å². The Morgan fingerprint density at radius 1 is 1.06 bits per heavy atom. The second-order valence-corrected chi connectivity index (χ2v) is 10.8. The molecule has 190 valence electrons. The molecule has 7 nitrogen and oxygen atoms in total. The van der Waals surface area contributed by atoms with Gasteiger partial charge in [-0.3, -0.25) is 9.36 Å². The molecule has 2 aliphatic rings. The highest BCUT2D eigenvalue weighted by atomic mass is 32.1. The van der Waals surface area contributed by atoms with E-state index in [0.29, 0.717) is 11.9 Å². The highest BCUT2D eigenvalue weighted by Gasteiger charge is 2.27. The maximum atomic E-state index is 13.6. The Morgan fingerprint density at radius 3 is 2.50 bits per heavy atom. The van der Waals surface area contributed by atoms with Crippen molar-refractivity contribution in [2.45, 2.75) is 51.0 Å². The predicted molar refractivity (Wildman–Crippen MR) is 142 cm³/mol. The van der Waals surface area contributed by atoms with Crippen LogP contribution >= 0.6 is 11.3 Å². The maximum absolute atomic E-state index is 13.6. The van der Waals surface area contributed by atoms with Crippen LogP contribution in [0.15, 0.2) is 47.4 Å². The smallest absolute Gasteiger partial charge is 0.253 e. The molecule has 0 amide bonds. The number of hydrogen-bond acceptors (Lipinski definition) is 7. The van der Waals surface area contributed by atoms with Gasteiger partial charge in [0, 0.05) is 49.9 Å². The molecule has 0 radical (unpaired) electrons. The molecular formula is C27H33FN6OS. The van der Waals surface area contributed by atoms with E-state index in [-0.39, 0.29) is 17.3 Å². The van der Waals surface area contributed by atoms with Crippen LogP contribution in [-0.4, -0.2) is 56.9 Å². The molecule has 0 bridgehead atoms. The Hall–Kier alpha value is -2.91. The molecule has 2 saturated heterocycles. The minimum absolute atomic E-state index is 0.0562. The van der Waals surface area contributed by atoms with Gasteiger partial charge in [-0.15, -0.1) is 10.2 Å². The van der Waals surface area contributed by atoms with Crippen molar-refractivity contribution in [1.29, 1.82) is 0 Å². The average Bonchev–Trinajstić information content (AvgIpc) is 3.41. The molecule has 0 saturated carbocycles. The van der Waals surface area contributed by atoms with Gasteiger partial charge in [-0.2, -0.15) is 0 Å². The lowest BCUT2D eigenvalue weighted by Gasteiger charge is -2.40. The van der Waals surface area contributed by atoms with Crippen molar-refractivity contribution in [1.82, 2.24) is 24.6 Å². The third-order valence-corrected chi connectivity index (χ3v) is 8.52. The normalized spacial score (nSPS) is 19.0. The summed E-state index contributed by atoms with van der Waals surface area (Å²) < 4.78 is 15.1. The van der Waals surface area contributed by atoms with E-state index in [2.05, 4.69) is 31.9 Å². The van der Waals surface area contributed by atoms with Gasteiger partial charge in [0.2, 0.25) is 5.13 Å². The van der Waals surface area contributed by atoms with Crippen LogP contribution in [-0.2, 0) is 7.05 Å². The third-order valence-electron chi connectivity index (χ3n) is 7.34. The van der Waals surface area contributed by atoms with Crippen LogP contribution in [0, 0.1) is 5.82 Å². The Bertz CT molecular complexity index is 1260. The Morgan fingerprint density at radius 2 is 1.78 bits per heavy atom. The highest BCUT2D eigenvalue weighted by molar-refractivity contribution is 7.15. The van der Waals surface area contributed by atoms with E-state index in [1.807, 2.05) is 6.08 Å². The quantitative estimate of drug-likeness (QED) is 0.490. The lowest BCUT2D eigenvalue weighted by molar-refractivity contribution is 0.141. The number of likely N-dealkylation sites (tertiary alicyclic amines) is 1. The van der Waals surface area contributed by atoms with Crippen molar-refractivity contribution in [3.8, 4) is 0 Å². The minimum atomic E-state index is -0.307. The van der Waals surface area contributed by atoms with Crippen molar-refractivity contribution in [2.24, 2.45) is 7.05 Å². The van der Waals surface area contributed by atoms with Crippen molar-refractivity contribution in [3.05, 3.63) is 75.2 Å². The maximum Gasteiger partial charge on any atom is 0.253 e. The number of aromatic nitrogens is 4. The van der Waals surface area contributed by atoms with Gasteiger partial charge >= 0.3 is 0 Å². The molecule has 2 aromatic heterocycles. The third kappa shape index (κ3) is 5.42. The first kappa shape index (κ1) is 24.8. The fourth-order valence-electron chi connectivity index (χ4n) is 5.22. The van der Waals surface area contributed by atoms with Gasteiger partial charge in [0.25, 0.3) is 5.56 Å². The minimum Gasteiger partial charge on any atom is -0.347 e. The zero-order valence-electron chi connectivity index (χ0n) is 20.9. The Labute approximate surface area is 215 Å². The summed E-state index contributed by atoms with van der Waals surface area (Å²) in [6.07, 6.45) is 9.93. The first-order chi connectivity index (χ1) is 17.5. The summed E-state index contributed by atoms with van der Waals surface area (Å²) in [6.45, 7) is 6.58. The summed E-state index contributed by atoms with van der Waals surface area (Å²) in [6, 6.07) is 8.40. The molecule has 5 rings (SSSR count). The van der Waals surface area contributed by atoms with Crippen LogP contribution in [0.4, 0.5) is 9.52 Å². The van der Waals surface area contributed by atoms with Crippen LogP contribution in [0.5, 0.6) is 0 Å². The van der Waals surface area contributed by atoms with Gasteiger partial charge in [0.05, 0.1) is 0 Å². The summed E-state index contributed by atoms with van der Waals surface area (Å²) in [5, 5.41) is 10.9. The second kappa shape index (κ2) is 11.0. The van der Waals surface area contributed by atoms with E-state index in [9.17, 15) is 9.18 Å². The van der Waals surface area contributed by atoms with E-state index in [1.54, 1.807) is 30.5 Å². The van der Waals surface area contributed by atoms with Crippen LogP contribution in [0.1, 0.15) is 61.3 Å². The lowest BCUT2D eigenvalue weighted by Crippen LogP contribution is -2.46. The van der Waals surface area contributed by atoms with Gasteiger partial charge in [-0.25, -0.2) is 9.37 Å². The van der Waals surface area contributed by atoms with E-state index in [4.69, 9.17) is 0 Å². The van der Waals surface area contributed by atoms with Crippen molar-refractivity contribution in [2.75, 3.05) is 31.1 Å². The van der Waals surface area contributed by atoms with E-state index in [0.717, 1.165) is 34.4 Å². The van der Waals surface area contributed by atoms with Crippen molar-refractivity contribution >= 4 is 22.0 Å². The van der Waals surface area contributed by atoms with Gasteiger partial charge in [-0.05, 0) is 56.5 Å². The molecule has 1 unspecified atom stereocenters. The predicted octanol–water partition coefficient (Wildman–Crippen LogP) is 4.46. The standard InChI is InChI=1S/C27H33FN6OS/c1-19(18-23(20-6-8-21(28)9-7-20)25-29-13-10-24(35)32(25)2)26-30-31-27(36-26)34-16-11-22(12-17-34)33-14-4-3-5-15-33/h6-10,13,18-19,22H,3-5,11-12,14-17H2,1-2H3. The molecule has 9 heteroatoms. The number of benzene rings is 1. The summed E-state index contributed by atoms with van der Waals surface area (Å²) in [5.41, 5.74) is 1.41. The molecule has 1 aromatic carbocycles. The first-order valence-electron chi connectivity index (χ1n) is 12.8. The molecular weight excluding hydrogens is 475 g/mol. The first-order valence-corrected chi connectivity index (χ1v) is 13.6. The molecule has 0 aliphatic carbocycles. The van der Waals surface area contributed by atoms with Gasteiger partial charge in [-0.1, -0.05) is 42.9 Å². The molecule has 2 aliphatic heterocycles. The zero-order valence-corrected chi connectivity index (χ0v) is 21.8. The zero-order chi connectivity index (χ0) is 25.1. The molecule has 36 heavy (non-hydrogen) atoms. The molecule has 1 atom stereocenters. The monoisotopic (exact) mass is 508 g/mol.